The molecular weight excluding hydrogens is 612 g/mol. The highest BCUT2D eigenvalue weighted by Crippen LogP contribution is 2.44. The van der Waals surface area contributed by atoms with Crippen molar-refractivity contribution in [1.82, 2.24) is 31.5 Å². The van der Waals surface area contributed by atoms with Gasteiger partial charge >= 0.3 is 6.09 Å². The lowest BCUT2D eigenvalue weighted by atomic mass is 9.92. The Morgan fingerprint density at radius 2 is 1.21 bits per heavy atom. The number of nitrogens with one attached hydrogen (secondary N) is 5. The van der Waals surface area contributed by atoms with Gasteiger partial charge in [0.05, 0.1) is 0 Å². The van der Waals surface area contributed by atoms with E-state index in [0.717, 1.165) is 41.8 Å². The Morgan fingerprint density at radius 1 is 0.729 bits per heavy atom. The predicted octanol–water partition coefficient (Wildman–Crippen LogP) is 2.67. The maximum atomic E-state index is 12.4. The molecule has 1 saturated heterocycles. The number of likely N-dealkylation sites (tertiary alicyclic amines) is 1. The molecule has 0 bridgehead atoms. The van der Waals surface area contributed by atoms with Crippen LogP contribution in [0.25, 0.3) is 11.1 Å². The van der Waals surface area contributed by atoms with Gasteiger partial charge in [0.2, 0.25) is 23.6 Å². The van der Waals surface area contributed by atoms with Gasteiger partial charge in [-0.3, -0.25) is 24.1 Å². The highest BCUT2D eigenvalue weighted by atomic mass is 16.5. The van der Waals surface area contributed by atoms with Crippen molar-refractivity contribution in [3.8, 4) is 11.1 Å². The van der Waals surface area contributed by atoms with Crippen molar-refractivity contribution in [1.29, 1.82) is 0 Å². The summed E-state index contributed by atoms with van der Waals surface area (Å²) in [6, 6.07) is 16.7. The van der Waals surface area contributed by atoms with Crippen LogP contribution in [-0.2, 0) is 23.9 Å². The first-order valence-corrected chi connectivity index (χ1v) is 17.0. The molecule has 5 N–H and O–H groups in total. The first-order chi connectivity index (χ1) is 23.1. The maximum absolute atomic E-state index is 12.4. The average molecular weight is 663 g/mol. The molecule has 0 aromatic heterocycles. The second-order valence-electron chi connectivity index (χ2n) is 12.8. The van der Waals surface area contributed by atoms with Crippen LogP contribution in [0.3, 0.4) is 0 Å². The Labute approximate surface area is 283 Å². The Balaban J connectivity index is 0.996. The second kappa shape index (κ2) is 18.2. The fourth-order valence-corrected chi connectivity index (χ4v) is 6.17. The zero-order valence-electron chi connectivity index (χ0n) is 28.3. The molecule has 1 fully saturated rings. The predicted molar refractivity (Wildman–Crippen MR) is 183 cm³/mol. The van der Waals surface area contributed by atoms with E-state index < -0.39 is 6.09 Å². The first kappa shape index (κ1) is 36.4. The summed E-state index contributed by atoms with van der Waals surface area (Å²) in [5.74, 6) is -0.568. The molecule has 2 aliphatic rings. The summed E-state index contributed by atoms with van der Waals surface area (Å²) in [5, 5.41) is 13.7. The maximum Gasteiger partial charge on any atom is 0.407 e. The number of amides is 5. The topological polar surface area (TPSA) is 158 Å². The minimum atomic E-state index is -0.594. The highest BCUT2D eigenvalue weighted by Gasteiger charge is 2.30. The molecule has 12 heteroatoms. The minimum Gasteiger partial charge on any atom is -0.449 e. The summed E-state index contributed by atoms with van der Waals surface area (Å²) in [6.07, 6.45) is 0.833. The Hall–Kier alpha value is -4.45. The van der Waals surface area contributed by atoms with E-state index in [2.05, 4.69) is 64.4 Å². The molecule has 2 aromatic rings. The van der Waals surface area contributed by atoms with E-state index in [1.54, 1.807) is 0 Å². The van der Waals surface area contributed by atoms with Gasteiger partial charge in [0.15, 0.2) is 0 Å². The van der Waals surface area contributed by atoms with Crippen LogP contribution in [0.15, 0.2) is 48.5 Å². The molecule has 0 saturated carbocycles. The fourth-order valence-electron chi connectivity index (χ4n) is 6.17. The number of nitrogens with zero attached hydrogens (tertiary/aromatic N) is 1. The van der Waals surface area contributed by atoms with E-state index in [1.807, 2.05) is 36.4 Å². The van der Waals surface area contributed by atoms with Gasteiger partial charge in [0, 0.05) is 76.4 Å². The van der Waals surface area contributed by atoms with E-state index in [-0.39, 0.29) is 94.1 Å². The lowest BCUT2D eigenvalue weighted by molar-refractivity contribution is -0.123. The van der Waals surface area contributed by atoms with Gasteiger partial charge in [-0.25, -0.2) is 4.79 Å². The SMILES string of the molecule is CC1CCN(C(C)C)CC1NC(=O)CCNC(=O)CCNC(=O)CCNC(=O)CCNC(=O)OCC1c2ccccc2-c2ccccc21. The summed E-state index contributed by atoms with van der Waals surface area (Å²) in [5.41, 5.74) is 4.54. The number of benzene rings is 2. The van der Waals surface area contributed by atoms with Crippen molar-refractivity contribution >= 4 is 29.7 Å². The summed E-state index contributed by atoms with van der Waals surface area (Å²) in [6.45, 7) is 9.15. The van der Waals surface area contributed by atoms with Crippen LogP contribution >= 0.6 is 0 Å². The van der Waals surface area contributed by atoms with E-state index in [9.17, 15) is 24.0 Å². The van der Waals surface area contributed by atoms with Crippen LogP contribution in [0.4, 0.5) is 4.79 Å². The number of fused-ring (bicyclic) bond motifs is 3. The van der Waals surface area contributed by atoms with Crippen LogP contribution in [0.1, 0.15) is 69.9 Å². The second-order valence-corrected chi connectivity index (χ2v) is 12.8. The molecule has 48 heavy (non-hydrogen) atoms. The van der Waals surface area contributed by atoms with Crippen molar-refractivity contribution in [2.75, 3.05) is 45.9 Å². The zero-order chi connectivity index (χ0) is 34.5. The Bertz CT molecular complexity index is 1390. The van der Waals surface area contributed by atoms with Crippen molar-refractivity contribution in [3.05, 3.63) is 59.7 Å². The molecule has 1 aliphatic heterocycles. The number of hydrogen-bond acceptors (Lipinski definition) is 7. The van der Waals surface area contributed by atoms with E-state index in [4.69, 9.17) is 4.74 Å². The van der Waals surface area contributed by atoms with Crippen molar-refractivity contribution in [3.63, 3.8) is 0 Å². The van der Waals surface area contributed by atoms with E-state index in [0.29, 0.717) is 12.0 Å². The number of alkyl carbamates (subject to hydrolysis) is 1. The third-order valence-electron chi connectivity index (χ3n) is 9.05. The largest absolute Gasteiger partial charge is 0.449 e. The molecule has 260 valence electrons. The van der Waals surface area contributed by atoms with Gasteiger partial charge < -0.3 is 31.3 Å². The number of ether oxygens (including phenoxy) is 1. The smallest absolute Gasteiger partial charge is 0.407 e. The number of piperidine rings is 1. The van der Waals surface area contributed by atoms with E-state index in [1.165, 1.54) is 0 Å². The molecule has 2 aromatic carbocycles. The van der Waals surface area contributed by atoms with Crippen LogP contribution in [0, 0.1) is 5.92 Å². The molecule has 0 spiro atoms. The zero-order valence-corrected chi connectivity index (χ0v) is 28.3. The first-order valence-electron chi connectivity index (χ1n) is 17.0. The van der Waals surface area contributed by atoms with E-state index >= 15 is 0 Å². The molecule has 12 nitrogen and oxygen atoms in total. The van der Waals surface area contributed by atoms with Crippen molar-refractivity contribution in [2.24, 2.45) is 5.92 Å². The summed E-state index contributed by atoms with van der Waals surface area (Å²) in [7, 11) is 0. The molecule has 1 aliphatic carbocycles. The minimum absolute atomic E-state index is 0.0417. The van der Waals surface area contributed by atoms with Gasteiger partial charge in [-0.05, 0) is 55.0 Å². The van der Waals surface area contributed by atoms with Gasteiger partial charge in [0.1, 0.15) is 6.61 Å². The fraction of sp³-hybridized carbons (Fsp3) is 0.528. The number of hydrogen-bond donors (Lipinski definition) is 5. The van der Waals surface area contributed by atoms with Crippen LogP contribution < -0.4 is 26.6 Å². The monoisotopic (exact) mass is 662 g/mol. The standard InChI is InChI=1S/C36H50N6O6/c1-24(2)42-21-16-25(3)31(22-42)41-35(46)15-19-39-33(44)13-17-37-32(43)12-18-38-34(45)14-20-40-36(47)48-23-30-28-10-6-4-8-26(28)27-9-5-7-11-29(27)30/h4-11,24-25,30-31H,12-23H2,1-3H3,(H,37,43)(H,38,45)(H,39,44)(H,40,47)(H,41,46). The quantitative estimate of drug-likeness (QED) is 0.185. The molecule has 1 heterocycles. The molecule has 0 radical (unpaired) electrons. The highest BCUT2D eigenvalue weighted by molar-refractivity contribution is 5.82. The molecule has 2 unspecified atom stereocenters. The number of carbonyl (C=O) groups is 5. The molecule has 2 atom stereocenters. The molecule has 4 rings (SSSR count). The summed E-state index contributed by atoms with van der Waals surface area (Å²) >= 11 is 0. The van der Waals surface area contributed by atoms with Crippen molar-refractivity contribution in [2.45, 2.75) is 70.9 Å². The lowest BCUT2D eigenvalue weighted by Crippen LogP contribution is -2.53. The molecule has 5 amide bonds. The Kier molecular flexibility index (Phi) is 13.8. The number of rotatable bonds is 16. The third-order valence-corrected chi connectivity index (χ3v) is 9.05. The average Bonchev–Trinajstić information content (AvgIpc) is 3.38. The third kappa shape index (κ3) is 10.8. The summed E-state index contributed by atoms with van der Waals surface area (Å²) in [4.78, 5) is 63.4. The van der Waals surface area contributed by atoms with Crippen molar-refractivity contribution < 1.29 is 28.7 Å². The lowest BCUT2D eigenvalue weighted by Gasteiger charge is -2.39. The van der Waals surface area contributed by atoms with Crippen LogP contribution in [0.5, 0.6) is 0 Å². The van der Waals surface area contributed by atoms with Gasteiger partial charge in [-0.15, -0.1) is 0 Å². The van der Waals surface area contributed by atoms with Gasteiger partial charge in [-0.2, -0.15) is 0 Å². The van der Waals surface area contributed by atoms with Gasteiger partial charge in [-0.1, -0.05) is 55.5 Å². The van der Waals surface area contributed by atoms with Gasteiger partial charge in [0.25, 0.3) is 0 Å². The Morgan fingerprint density at radius 3 is 1.73 bits per heavy atom. The normalized spacial score (nSPS) is 17.2. The molecular formula is C36H50N6O6. The van der Waals surface area contributed by atoms with Crippen LogP contribution in [0.2, 0.25) is 0 Å². The number of carbonyl (C=O) groups excluding carboxylic acids is 5. The van der Waals surface area contributed by atoms with Crippen LogP contribution in [-0.4, -0.2) is 92.6 Å². The summed E-state index contributed by atoms with van der Waals surface area (Å²) < 4.78 is 5.48.